The first kappa shape index (κ1) is 22.3. The number of para-hydroxylation sites is 3. The minimum atomic E-state index is -1.30. The molecule has 2 aliphatic rings. The molecule has 0 aliphatic carbocycles. The molecular weight excluding hydrogens is 474 g/mol. The van der Waals surface area contributed by atoms with Gasteiger partial charge in [0.05, 0.1) is 24.2 Å². The van der Waals surface area contributed by atoms with Crippen molar-refractivity contribution in [3.8, 4) is 5.75 Å². The van der Waals surface area contributed by atoms with E-state index in [1.54, 1.807) is 60.7 Å². The fourth-order valence-corrected chi connectivity index (χ4v) is 5.95. The maximum absolute atomic E-state index is 14.0. The number of rotatable bonds is 5. The molecule has 7 nitrogen and oxygen atoms in total. The highest BCUT2D eigenvalue weighted by Gasteiger charge is 2.61. The second-order valence-corrected chi connectivity index (χ2v) is 9.40. The Morgan fingerprint density at radius 2 is 1.85 bits per heavy atom. The summed E-state index contributed by atoms with van der Waals surface area (Å²) in [6, 6.07) is 21.2. The minimum Gasteiger partial charge on any atom is -0.495 e. The van der Waals surface area contributed by atoms with Gasteiger partial charge in [0.2, 0.25) is 16.7 Å². The van der Waals surface area contributed by atoms with Crippen LogP contribution in [0.1, 0.15) is 5.56 Å². The van der Waals surface area contributed by atoms with Gasteiger partial charge in [0.15, 0.2) is 0 Å². The minimum absolute atomic E-state index is 0.133. The number of thioether (sulfide) groups is 1. The molecule has 0 saturated carbocycles. The number of amides is 3. The smallest absolute Gasteiger partial charge is 0.269 e. The molecule has 3 aromatic carbocycles. The van der Waals surface area contributed by atoms with E-state index in [0.717, 1.165) is 0 Å². The van der Waals surface area contributed by atoms with Crippen LogP contribution >= 0.6 is 23.4 Å². The molecule has 1 N–H and O–H groups in total. The van der Waals surface area contributed by atoms with Crippen LogP contribution in [0.5, 0.6) is 5.75 Å². The summed E-state index contributed by atoms with van der Waals surface area (Å²) in [5.41, 5.74) is 2.31. The van der Waals surface area contributed by atoms with Gasteiger partial charge in [-0.15, -0.1) is 11.8 Å². The Kier molecular flexibility index (Phi) is 5.71. The van der Waals surface area contributed by atoms with Crippen molar-refractivity contribution in [2.24, 2.45) is 0 Å². The monoisotopic (exact) mass is 493 g/mol. The van der Waals surface area contributed by atoms with Gasteiger partial charge < -0.3 is 10.1 Å². The van der Waals surface area contributed by atoms with Gasteiger partial charge in [0, 0.05) is 16.3 Å². The highest BCUT2D eigenvalue weighted by molar-refractivity contribution is 8.02. The third kappa shape index (κ3) is 3.50. The second kappa shape index (κ2) is 8.70. The molecule has 3 amide bonds. The first-order valence-corrected chi connectivity index (χ1v) is 11.9. The summed E-state index contributed by atoms with van der Waals surface area (Å²) in [6.07, 6.45) is 0. The van der Waals surface area contributed by atoms with Crippen LogP contribution in [0.2, 0.25) is 5.02 Å². The molecule has 1 fully saturated rings. The number of methoxy groups -OCH3 is 1. The topological polar surface area (TPSA) is 79.0 Å². The highest BCUT2D eigenvalue weighted by atomic mass is 35.5. The molecule has 1 atom stereocenters. The van der Waals surface area contributed by atoms with E-state index in [1.807, 2.05) is 12.1 Å². The average molecular weight is 494 g/mol. The van der Waals surface area contributed by atoms with Crippen LogP contribution in [0.25, 0.3) is 0 Å². The number of nitrogens with one attached hydrogen (secondary N) is 1. The molecule has 34 heavy (non-hydrogen) atoms. The highest BCUT2D eigenvalue weighted by Crippen LogP contribution is 2.55. The van der Waals surface area contributed by atoms with Gasteiger partial charge in [-0.2, -0.15) is 0 Å². The predicted molar refractivity (Wildman–Crippen MR) is 133 cm³/mol. The summed E-state index contributed by atoms with van der Waals surface area (Å²) < 4.78 is 5.30. The van der Waals surface area contributed by atoms with E-state index in [9.17, 15) is 14.4 Å². The van der Waals surface area contributed by atoms with E-state index in [2.05, 4.69) is 5.32 Å². The summed E-state index contributed by atoms with van der Waals surface area (Å²) in [5, 5.41) is 3.28. The fraction of sp³-hybridized carbons (Fsp3) is 0.160. The molecular formula is C25H20ClN3O4S. The number of ether oxygens (including phenoxy) is 1. The second-order valence-electron chi connectivity index (χ2n) is 7.80. The molecule has 5 rings (SSSR count). The average Bonchev–Trinajstić information content (AvgIpc) is 3.30. The Bertz CT molecular complexity index is 1320. The number of anilines is 3. The molecule has 0 bridgehead atoms. The lowest BCUT2D eigenvalue weighted by Crippen LogP contribution is -2.50. The van der Waals surface area contributed by atoms with E-state index in [1.165, 1.54) is 28.7 Å². The fourth-order valence-electron chi connectivity index (χ4n) is 4.41. The van der Waals surface area contributed by atoms with Crippen molar-refractivity contribution >= 4 is 58.1 Å². The van der Waals surface area contributed by atoms with Crippen molar-refractivity contribution in [2.75, 3.05) is 34.5 Å². The van der Waals surface area contributed by atoms with E-state index >= 15 is 0 Å². The standard InChI is InChI=1S/C25H20ClN3O4S/c1-33-21-12-5-3-10-19(21)27-22(30)14-28-20-11-4-2-9-18(20)25(24(28)32)29(23(31)15-34-25)17-8-6-7-16(26)13-17/h2-13H,14-15H2,1H3,(H,27,30)/t25-/m1/s1. The van der Waals surface area contributed by atoms with Gasteiger partial charge in [-0.1, -0.05) is 48.0 Å². The van der Waals surface area contributed by atoms with Gasteiger partial charge in [-0.3, -0.25) is 24.2 Å². The van der Waals surface area contributed by atoms with Crippen LogP contribution in [0.3, 0.4) is 0 Å². The van der Waals surface area contributed by atoms with Gasteiger partial charge >= 0.3 is 0 Å². The van der Waals surface area contributed by atoms with Crippen LogP contribution in [0.15, 0.2) is 72.8 Å². The SMILES string of the molecule is COc1ccccc1NC(=O)CN1C(=O)[C@]2(SCC(=O)N2c2cccc(Cl)c2)c2ccccc21. The molecule has 3 aromatic rings. The molecule has 172 valence electrons. The number of benzene rings is 3. The molecule has 1 saturated heterocycles. The predicted octanol–water partition coefficient (Wildman–Crippen LogP) is 4.27. The lowest BCUT2D eigenvalue weighted by molar-refractivity contribution is -0.124. The lowest BCUT2D eigenvalue weighted by Gasteiger charge is -2.33. The molecule has 0 unspecified atom stereocenters. The zero-order valence-electron chi connectivity index (χ0n) is 18.2. The number of fused-ring (bicyclic) bond motifs is 2. The van der Waals surface area contributed by atoms with Gasteiger partial charge in [0.1, 0.15) is 12.3 Å². The first-order valence-electron chi connectivity index (χ1n) is 10.5. The van der Waals surface area contributed by atoms with Crippen molar-refractivity contribution < 1.29 is 19.1 Å². The van der Waals surface area contributed by atoms with Crippen LogP contribution in [0.4, 0.5) is 17.1 Å². The Morgan fingerprint density at radius 3 is 2.65 bits per heavy atom. The van der Waals surface area contributed by atoms with Crippen molar-refractivity contribution in [3.05, 3.63) is 83.4 Å². The Morgan fingerprint density at radius 1 is 1.09 bits per heavy atom. The molecule has 1 spiro atoms. The van der Waals surface area contributed by atoms with Crippen LogP contribution in [-0.4, -0.2) is 37.1 Å². The number of carbonyl (C=O) groups excluding carboxylic acids is 3. The number of nitrogens with zero attached hydrogens (tertiary/aromatic N) is 2. The normalized spacial score (nSPS) is 19.0. The van der Waals surface area contributed by atoms with Crippen molar-refractivity contribution in [2.45, 2.75) is 4.87 Å². The summed E-state index contributed by atoms with van der Waals surface area (Å²) in [7, 11) is 1.52. The number of hydrogen-bond acceptors (Lipinski definition) is 5. The number of carbonyl (C=O) groups is 3. The summed E-state index contributed by atoms with van der Waals surface area (Å²) in [6.45, 7) is -0.215. The third-order valence-electron chi connectivity index (χ3n) is 5.81. The zero-order chi connectivity index (χ0) is 23.9. The zero-order valence-corrected chi connectivity index (χ0v) is 19.7. The third-order valence-corrected chi connectivity index (χ3v) is 7.43. The van der Waals surface area contributed by atoms with E-state index in [4.69, 9.17) is 16.3 Å². The number of halogens is 1. The maximum atomic E-state index is 14.0. The van der Waals surface area contributed by atoms with E-state index in [-0.39, 0.29) is 30.0 Å². The molecule has 0 aromatic heterocycles. The van der Waals surface area contributed by atoms with Gasteiger partial charge in [-0.05, 0) is 36.4 Å². The van der Waals surface area contributed by atoms with Crippen LogP contribution in [0, 0.1) is 0 Å². The Balaban J connectivity index is 1.52. The van der Waals surface area contributed by atoms with Crippen molar-refractivity contribution in [3.63, 3.8) is 0 Å². The Hall–Kier alpha value is -3.49. The first-order chi connectivity index (χ1) is 16.5. The van der Waals surface area contributed by atoms with Gasteiger partial charge in [0.25, 0.3) is 5.91 Å². The number of hydrogen-bond donors (Lipinski definition) is 1. The van der Waals surface area contributed by atoms with Crippen LogP contribution < -0.4 is 19.9 Å². The summed E-state index contributed by atoms with van der Waals surface area (Å²) in [5.74, 6) is -0.276. The van der Waals surface area contributed by atoms with Gasteiger partial charge in [-0.25, -0.2) is 0 Å². The summed E-state index contributed by atoms with van der Waals surface area (Å²) in [4.78, 5) is 41.7. The van der Waals surface area contributed by atoms with E-state index in [0.29, 0.717) is 33.4 Å². The largest absolute Gasteiger partial charge is 0.495 e. The maximum Gasteiger partial charge on any atom is 0.269 e. The quantitative estimate of drug-likeness (QED) is 0.574. The molecule has 9 heteroatoms. The Labute approximate surface area is 205 Å². The molecule has 0 radical (unpaired) electrons. The molecule has 2 aliphatic heterocycles. The van der Waals surface area contributed by atoms with E-state index < -0.39 is 4.87 Å². The summed E-state index contributed by atoms with van der Waals surface area (Å²) >= 11 is 7.45. The van der Waals surface area contributed by atoms with Crippen LogP contribution in [-0.2, 0) is 19.3 Å². The molecule has 2 heterocycles. The van der Waals surface area contributed by atoms with Crippen molar-refractivity contribution in [1.29, 1.82) is 0 Å². The lowest BCUT2D eigenvalue weighted by atomic mass is 10.0. The van der Waals surface area contributed by atoms with Crippen molar-refractivity contribution in [1.82, 2.24) is 0 Å².